The van der Waals surface area contributed by atoms with Crippen LogP contribution in [-0.4, -0.2) is 41.3 Å². The third kappa shape index (κ3) is 2.94. The lowest BCUT2D eigenvalue weighted by molar-refractivity contribution is -0.125. The van der Waals surface area contributed by atoms with Gasteiger partial charge >= 0.3 is 0 Å². The van der Waals surface area contributed by atoms with Crippen LogP contribution in [-0.2, 0) is 4.79 Å². The van der Waals surface area contributed by atoms with Gasteiger partial charge in [-0.15, -0.1) is 23.2 Å². The van der Waals surface area contributed by atoms with Crippen molar-refractivity contribution in [2.45, 2.75) is 37.4 Å². The number of amides is 1. The van der Waals surface area contributed by atoms with Gasteiger partial charge in [0, 0.05) is 19.6 Å². The van der Waals surface area contributed by atoms with Crippen LogP contribution in [0.2, 0.25) is 0 Å². The van der Waals surface area contributed by atoms with E-state index < -0.39 is 9.75 Å². The van der Waals surface area contributed by atoms with Crippen LogP contribution in [0.3, 0.4) is 0 Å². The Morgan fingerprint density at radius 2 is 2.17 bits per heavy atom. The van der Waals surface area contributed by atoms with Crippen LogP contribution in [0.1, 0.15) is 33.1 Å². The quantitative estimate of drug-likeness (QED) is 0.807. The van der Waals surface area contributed by atoms with E-state index in [0.29, 0.717) is 13.0 Å². The molecule has 1 aliphatic heterocycles. The molecular weight excluding hydrogens is 271 g/mol. The number of hydrogen-bond acceptors (Lipinski definition) is 2. The molecule has 1 amide bonds. The summed E-state index contributed by atoms with van der Waals surface area (Å²) in [5, 5.41) is 2.95. The molecule has 1 heterocycles. The highest BCUT2D eigenvalue weighted by Gasteiger charge is 2.67. The van der Waals surface area contributed by atoms with Crippen molar-refractivity contribution in [2.24, 2.45) is 11.3 Å². The molecule has 18 heavy (non-hydrogen) atoms. The Morgan fingerprint density at radius 3 is 2.72 bits per heavy atom. The van der Waals surface area contributed by atoms with Crippen LogP contribution in [0.25, 0.3) is 0 Å². The van der Waals surface area contributed by atoms with Gasteiger partial charge in [-0.3, -0.25) is 4.79 Å². The van der Waals surface area contributed by atoms with E-state index in [-0.39, 0.29) is 5.91 Å². The smallest absolute Gasteiger partial charge is 0.229 e. The van der Waals surface area contributed by atoms with Crippen LogP contribution in [0.4, 0.5) is 0 Å². The zero-order valence-electron chi connectivity index (χ0n) is 11.1. The number of piperidine rings is 1. The Morgan fingerprint density at radius 1 is 1.50 bits per heavy atom. The molecule has 3 nitrogen and oxygen atoms in total. The van der Waals surface area contributed by atoms with E-state index in [0.717, 1.165) is 25.6 Å². The van der Waals surface area contributed by atoms with Gasteiger partial charge < -0.3 is 10.2 Å². The van der Waals surface area contributed by atoms with Crippen LogP contribution in [0.5, 0.6) is 0 Å². The molecule has 1 aliphatic carbocycles. The van der Waals surface area contributed by atoms with Crippen molar-refractivity contribution in [3.8, 4) is 0 Å². The number of nitrogens with one attached hydrogen (secondary N) is 1. The second-order valence-electron chi connectivity index (χ2n) is 6.02. The minimum Gasteiger partial charge on any atom is -0.354 e. The van der Waals surface area contributed by atoms with E-state index in [2.05, 4.69) is 17.1 Å². The first-order valence-corrected chi connectivity index (χ1v) is 7.49. The molecule has 0 aromatic heterocycles. The highest BCUT2D eigenvalue weighted by Crippen LogP contribution is 2.63. The molecule has 5 heteroatoms. The number of carbonyl (C=O) groups is 1. The average Bonchev–Trinajstić information content (AvgIpc) is 2.79. The van der Waals surface area contributed by atoms with Crippen molar-refractivity contribution in [3.05, 3.63) is 0 Å². The molecule has 1 saturated carbocycles. The molecule has 2 aliphatic rings. The SMILES string of the molecule is CC1CCCN(CCNC(=O)C2(C)CC2(Cl)Cl)C1. The summed E-state index contributed by atoms with van der Waals surface area (Å²) in [5.74, 6) is 0.756. The van der Waals surface area contributed by atoms with Crippen molar-refractivity contribution < 1.29 is 4.79 Å². The van der Waals surface area contributed by atoms with Gasteiger partial charge in [-0.2, -0.15) is 0 Å². The molecule has 2 unspecified atom stereocenters. The number of nitrogens with zero attached hydrogens (tertiary/aromatic N) is 1. The van der Waals surface area contributed by atoms with Gasteiger partial charge in [0.15, 0.2) is 0 Å². The van der Waals surface area contributed by atoms with Gasteiger partial charge in [0.05, 0.1) is 5.41 Å². The van der Waals surface area contributed by atoms with Crippen LogP contribution in [0.15, 0.2) is 0 Å². The third-order valence-electron chi connectivity index (χ3n) is 4.21. The Labute approximate surface area is 119 Å². The molecule has 2 atom stereocenters. The Hall–Kier alpha value is 0.01000. The molecule has 0 radical (unpaired) electrons. The van der Waals surface area contributed by atoms with E-state index in [1.54, 1.807) is 0 Å². The molecule has 0 bridgehead atoms. The number of carbonyl (C=O) groups excluding carboxylic acids is 1. The number of likely N-dealkylation sites (tertiary alicyclic amines) is 1. The zero-order chi connectivity index (χ0) is 13.4. The summed E-state index contributed by atoms with van der Waals surface area (Å²) in [6.45, 7) is 8.00. The first-order valence-electron chi connectivity index (χ1n) is 6.74. The third-order valence-corrected chi connectivity index (χ3v) is 5.32. The van der Waals surface area contributed by atoms with Crippen LogP contribution in [0, 0.1) is 11.3 Å². The number of halogens is 2. The predicted molar refractivity (Wildman–Crippen MR) is 75.0 cm³/mol. The van der Waals surface area contributed by atoms with Gasteiger partial charge in [-0.25, -0.2) is 0 Å². The van der Waals surface area contributed by atoms with E-state index >= 15 is 0 Å². The normalized spacial score (nSPS) is 35.2. The fourth-order valence-electron chi connectivity index (χ4n) is 2.66. The highest BCUT2D eigenvalue weighted by molar-refractivity contribution is 6.53. The van der Waals surface area contributed by atoms with E-state index in [9.17, 15) is 4.79 Å². The number of alkyl halides is 2. The average molecular weight is 293 g/mol. The van der Waals surface area contributed by atoms with Crippen LogP contribution < -0.4 is 5.32 Å². The molecule has 0 aromatic carbocycles. The van der Waals surface area contributed by atoms with Gasteiger partial charge in [0.2, 0.25) is 5.91 Å². The molecule has 1 N–H and O–H groups in total. The lowest BCUT2D eigenvalue weighted by Gasteiger charge is -2.30. The molecule has 1 saturated heterocycles. The maximum absolute atomic E-state index is 12.0. The van der Waals surface area contributed by atoms with E-state index in [4.69, 9.17) is 23.2 Å². The molecule has 2 rings (SSSR count). The maximum atomic E-state index is 12.0. The fraction of sp³-hybridized carbons (Fsp3) is 0.923. The Kier molecular flexibility index (Phi) is 4.15. The fourth-order valence-corrected chi connectivity index (χ4v) is 3.36. The van der Waals surface area contributed by atoms with Crippen molar-refractivity contribution in [1.29, 1.82) is 0 Å². The lowest BCUT2D eigenvalue weighted by Crippen LogP contribution is -2.42. The summed E-state index contributed by atoms with van der Waals surface area (Å²) in [5.41, 5.74) is -0.592. The van der Waals surface area contributed by atoms with Gasteiger partial charge in [-0.05, 0) is 38.6 Å². The van der Waals surface area contributed by atoms with E-state index in [1.807, 2.05) is 6.92 Å². The summed E-state index contributed by atoms with van der Waals surface area (Å²) >= 11 is 12.0. The van der Waals surface area contributed by atoms with Crippen molar-refractivity contribution >= 4 is 29.1 Å². The zero-order valence-corrected chi connectivity index (χ0v) is 12.7. The lowest BCUT2D eigenvalue weighted by atomic mass is 10.0. The van der Waals surface area contributed by atoms with Crippen molar-refractivity contribution in [1.82, 2.24) is 10.2 Å². The molecule has 2 fully saturated rings. The summed E-state index contributed by atoms with van der Waals surface area (Å²) in [7, 11) is 0. The number of rotatable bonds is 4. The van der Waals surface area contributed by atoms with Crippen molar-refractivity contribution in [3.63, 3.8) is 0 Å². The number of hydrogen-bond donors (Lipinski definition) is 1. The summed E-state index contributed by atoms with van der Waals surface area (Å²) < 4.78 is -0.864. The first-order chi connectivity index (χ1) is 8.35. The summed E-state index contributed by atoms with van der Waals surface area (Å²) in [4.78, 5) is 14.4. The minimum absolute atomic E-state index is 0.0162. The first kappa shape index (κ1) is 14.4. The largest absolute Gasteiger partial charge is 0.354 e. The van der Waals surface area contributed by atoms with Crippen LogP contribution >= 0.6 is 23.2 Å². The molecular formula is C13H22Cl2N2O. The summed E-state index contributed by atoms with van der Waals surface area (Å²) in [6, 6.07) is 0. The standard InChI is InChI=1S/C13H22Cl2N2O/c1-10-4-3-6-17(8-10)7-5-16-11(18)12(2)9-13(12,14)15/h10H,3-9H2,1-2H3,(H,16,18). The summed E-state index contributed by atoms with van der Waals surface area (Å²) in [6.07, 6.45) is 3.14. The monoisotopic (exact) mass is 292 g/mol. The minimum atomic E-state index is -0.864. The predicted octanol–water partition coefficient (Wildman–Crippen LogP) is 2.42. The Bertz CT molecular complexity index is 335. The topological polar surface area (TPSA) is 32.3 Å². The second-order valence-corrected chi connectivity index (χ2v) is 7.50. The molecule has 104 valence electrons. The van der Waals surface area contributed by atoms with Gasteiger partial charge in [-0.1, -0.05) is 6.92 Å². The maximum Gasteiger partial charge on any atom is 0.229 e. The van der Waals surface area contributed by atoms with Gasteiger partial charge in [0.1, 0.15) is 4.33 Å². The van der Waals surface area contributed by atoms with Crippen molar-refractivity contribution in [2.75, 3.05) is 26.2 Å². The highest BCUT2D eigenvalue weighted by atomic mass is 35.5. The van der Waals surface area contributed by atoms with Gasteiger partial charge in [0.25, 0.3) is 0 Å². The molecule has 0 aromatic rings. The molecule has 0 spiro atoms. The van der Waals surface area contributed by atoms with E-state index in [1.165, 1.54) is 12.8 Å². The second kappa shape index (κ2) is 5.18. The Balaban J connectivity index is 1.68.